The predicted molar refractivity (Wildman–Crippen MR) is 122 cm³/mol. The largest absolute Gasteiger partial charge is 0.490 e. The van der Waals surface area contributed by atoms with E-state index in [9.17, 15) is 4.79 Å². The molecule has 0 amide bonds. The smallest absolute Gasteiger partial charge is 0.338 e. The summed E-state index contributed by atoms with van der Waals surface area (Å²) in [5.41, 5.74) is 1.14. The average molecular weight is 437 g/mol. The van der Waals surface area contributed by atoms with Crippen molar-refractivity contribution in [3.63, 3.8) is 0 Å². The minimum absolute atomic E-state index is 0.103. The van der Waals surface area contributed by atoms with Gasteiger partial charge < -0.3 is 23.7 Å². The van der Waals surface area contributed by atoms with Crippen molar-refractivity contribution >= 4 is 5.97 Å². The molecular formula is C26H28O6. The van der Waals surface area contributed by atoms with E-state index in [-0.39, 0.29) is 6.61 Å². The van der Waals surface area contributed by atoms with Gasteiger partial charge in [0, 0.05) is 0 Å². The number of esters is 1. The Morgan fingerprint density at radius 1 is 0.719 bits per heavy atom. The van der Waals surface area contributed by atoms with Gasteiger partial charge in [-0.25, -0.2) is 4.79 Å². The van der Waals surface area contributed by atoms with Crippen LogP contribution in [0.2, 0.25) is 0 Å². The van der Waals surface area contributed by atoms with E-state index in [1.54, 1.807) is 12.1 Å². The zero-order chi connectivity index (χ0) is 22.8. The van der Waals surface area contributed by atoms with E-state index >= 15 is 0 Å². The Morgan fingerprint density at radius 2 is 1.34 bits per heavy atom. The third-order valence-corrected chi connectivity index (χ3v) is 4.39. The highest BCUT2D eigenvalue weighted by molar-refractivity contribution is 5.91. The molecule has 0 aliphatic heterocycles. The number of hydrogen-bond donors (Lipinski definition) is 0. The summed E-state index contributed by atoms with van der Waals surface area (Å²) in [5, 5.41) is 0. The number of para-hydroxylation sites is 1. The molecule has 6 nitrogen and oxygen atoms in total. The number of carbonyl (C=O) groups is 1. The van der Waals surface area contributed by atoms with Gasteiger partial charge in [0.05, 0.1) is 25.4 Å². The van der Waals surface area contributed by atoms with Crippen molar-refractivity contribution in [3.05, 3.63) is 77.9 Å². The lowest BCUT2D eigenvalue weighted by atomic mass is 10.1. The Labute approximate surface area is 188 Å². The van der Waals surface area contributed by atoms with Crippen LogP contribution in [0.25, 0.3) is 0 Å². The first-order chi connectivity index (χ1) is 15.6. The first-order valence-electron chi connectivity index (χ1n) is 10.7. The van der Waals surface area contributed by atoms with Crippen LogP contribution in [0.15, 0.2) is 66.7 Å². The molecule has 0 unspecified atom stereocenters. The van der Waals surface area contributed by atoms with Gasteiger partial charge in [-0.05, 0) is 62.7 Å². The first kappa shape index (κ1) is 23.0. The minimum atomic E-state index is -0.482. The summed E-state index contributed by atoms with van der Waals surface area (Å²) in [6.45, 7) is 7.02. The minimum Gasteiger partial charge on any atom is -0.490 e. The molecule has 0 aromatic heterocycles. The molecule has 0 radical (unpaired) electrons. The van der Waals surface area contributed by atoms with Gasteiger partial charge in [-0.3, -0.25) is 0 Å². The maximum absolute atomic E-state index is 12.8. The molecule has 0 aliphatic carbocycles. The van der Waals surface area contributed by atoms with Crippen molar-refractivity contribution in [3.8, 4) is 28.7 Å². The van der Waals surface area contributed by atoms with Gasteiger partial charge in [-0.2, -0.15) is 0 Å². The molecule has 0 atom stereocenters. The number of benzene rings is 3. The van der Waals surface area contributed by atoms with Gasteiger partial charge >= 0.3 is 5.97 Å². The monoisotopic (exact) mass is 436 g/mol. The fourth-order valence-corrected chi connectivity index (χ4v) is 3.06. The molecule has 0 bridgehead atoms. The third kappa shape index (κ3) is 6.17. The van der Waals surface area contributed by atoms with Crippen molar-refractivity contribution in [2.45, 2.75) is 27.4 Å². The molecule has 32 heavy (non-hydrogen) atoms. The molecule has 0 saturated heterocycles. The fraction of sp³-hybridized carbons (Fsp3) is 0.269. The molecule has 0 N–H and O–H groups in total. The van der Waals surface area contributed by atoms with E-state index in [4.69, 9.17) is 23.7 Å². The van der Waals surface area contributed by atoms with Crippen molar-refractivity contribution in [1.29, 1.82) is 0 Å². The fourth-order valence-electron chi connectivity index (χ4n) is 3.06. The summed E-state index contributed by atoms with van der Waals surface area (Å²) in [4.78, 5) is 12.8. The second-order valence-electron chi connectivity index (χ2n) is 6.74. The summed E-state index contributed by atoms with van der Waals surface area (Å²) in [6, 6.07) is 20.2. The molecule has 6 heteroatoms. The lowest BCUT2D eigenvalue weighted by Crippen LogP contribution is -2.09. The molecule has 0 saturated carbocycles. The first-order valence-corrected chi connectivity index (χ1v) is 10.7. The second-order valence-corrected chi connectivity index (χ2v) is 6.74. The SMILES string of the molecule is CCOc1cc(C(=O)OCc2cccc(Oc3ccccc3)c2)cc(OCC)c1OCC. The normalized spacial score (nSPS) is 10.3. The Kier molecular flexibility index (Phi) is 8.37. The number of ether oxygens (including phenoxy) is 5. The molecule has 0 spiro atoms. The van der Waals surface area contributed by atoms with Gasteiger partial charge in [0.15, 0.2) is 11.5 Å². The molecule has 3 aromatic carbocycles. The topological polar surface area (TPSA) is 63.2 Å². The molecule has 3 rings (SSSR count). The van der Waals surface area contributed by atoms with E-state index < -0.39 is 5.97 Å². The van der Waals surface area contributed by atoms with Gasteiger partial charge in [0.25, 0.3) is 0 Å². The standard InChI is InChI=1S/C26H28O6/c1-4-28-23-16-20(17-24(29-5-2)25(23)30-6-3)26(27)31-18-19-11-10-14-22(15-19)32-21-12-8-7-9-13-21/h7-17H,4-6,18H2,1-3H3. The molecule has 3 aromatic rings. The number of rotatable bonds is 11. The quantitative estimate of drug-likeness (QED) is 0.342. The number of carbonyl (C=O) groups excluding carboxylic acids is 1. The predicted octanol–water partition coefficient (Wildman–Crippen LogP) is 6.03. The van der Waals surface area contributed by atoms with Crippen LogP contribution in [-0.4, -0.2) is 25.8 Å². The summed E-state index contributed by atoms with van der Waals surface area (Å²) >= 11 is 0. The Morgan fingerprint density at radius 3 is 1.97 bits per heavy atom. The zero-order valence-corrected chi connectivity index (χ0v) is 18.6. The van der Waals surface area contributed by atoms with Crippen molar-refractivity contribution in [2.75, 3.05) is 19.8 Å². The molecular weight excluding hydrogens is 408 g/mol. The molecule has 0 heterocycles. The third-order valence-electron chi connectivity index (χ3n) is 4.39. The van der Waals surface area contributed by atoms with Crippen LogP contribution in [-0.2, 0) is 11.3 Å². The Balaban J connectivity index is 1.73. The van der Waals surface area contributed by atoms with Gasteiger partial charge in [0.2, 0.25) is 5.75 Å². The van der Waals surface area contributed by atoms with Gasteiger partial charge in [-0.1, -0.05) is 30.3 Å². The van der Waals surface area contributed by atoms with Crippen LogP contribution in [0.5, 0.6) is 28.7 Å². The summed E-state index contributed by atoms with van der Waals surface area (Å²) in [7, 11) is 0. The average Bonchev–Trinajstić information content (AvgIpc) is 2.80. The lowest BCUT2D eigenvalue weighted by molar-refractivity contribution is 0.0471. The van der Waals surface area contributed by atoms with E-state index in [0.717, 1.165) is 11.3 Å². The summed E-state index contributed by atoms with van der Waals surface area (Å²) in [6.07, 6.45) is 0. The second kappa shape index (κ2) is 11.6. The van der Waals surface area contributed by atoms with Crippen LogP contribution >= 0.6 is 0 Å². The molecule has 0 aliphatic rings. The van der Waals surface area contributed by atoms with E-state index in [1.807, 2.05) is 75.4 Å². The van der Waals surface area contributed by atoms with Crippen LogP contribution < -0.4 is 18.9 Å². The summed E-state index contributed by atoms with van der Waals surface area (Å²) in [5.74, 6) is 2.31. The zero-order valence-electron chi connectivity index (χ0n) is 18.6. The van der Waals surface area contributed by atoms with Crippen LogP contribution in [0.1, 0.15) is 36.7 Å². The maximum atomic E-state index is 12.8. The van der Waals surface area contributed by atoms with Crippen molar-refractivity contribution in [1.82, 2.24) is 0 Å². The van der Waals surface area contributed by atoms with Crippen molar-refractivity contribution in [2.24, 2.45) is 0 Å². The highest BCUT2D eigenvalue weighted by Gasteiger charge is 2.19. The highest BCUT2D eigenvalue weighted by Crippen LogP contribution is 2.39. The Hall–Kier alpha value is -3.67. The summed E-state index contributed by atoms with van der Waals surface area (Å²) < 4.78 is 28.4. The van der Waals surface area contributed by atoms with E-state index in [2.05, 4.69) is 0 Å². The maximum Gasteiger partial charge on any atom is 0.338 e. The highest BCUT2D eigenvalue weighted by atomic mass is 16.5. The van der Waals surface area contributed by atoms with E-state index in [1.165, 1.54) is 0 Å². The van der Waals surface area contributed by atoms with E-state index in [0.29, 0.717) is 48.4 Å². The Bertz CT molecular complexity index is 989. The molecule has 168 valence electrons. The van der Waals surface area contributed by atoms with Crippen LogP contribution in [0.3, 0.4) is 0 Å². The van der Waals surface area contributed by atoms with Gasteiger partial charge in [-0.15, -0.1) is 0 Å². The van der Waals surface area contributed by atoms with Gasteiger partial charge in [0.1, 0.15) is 18.1 Å². The lowest BCUT2D eigenvalue weighted by Gasteiger charge is -2.17. The van der Waals surface area contributed by atoms with Crippen LogP contribution in [0.4, 0.5) is 0 Å². The number of hydrogen-bond acceptors (Lipinski definition) is 6. The molecule has 0 fully saturated rings. The van der Waals surface area contributed by atoms with Crippen LogP contribution in [0, 0.1) is 0 Å². The van der Waals surface area contributed by atoms with Crippen molar-refractivity contribution < 1.29 is 28.5 Å².